The lowest BCUT2D eigenvalue weighted by molar-refractivity contribution is 0.0595. The Balaban J connectivity index is 3.33. The number of ether oxygens (including phenoxy) is 1. The highest BCUT2D eigenvalue weighted by atomic mass is 19.1. The van der Waals surface area contributed by atoms with Gasteiger partial charge in [-0.2, -0.15) is 5.26 Å². The molecule has 0 aliphatic heterocycles. The van der Waals surface area contributed by atoms with Crippen LogP contribution in [-0.4, -0.2) is 13.1 Å². The van der Waals surface area contributed by atoms with Crippen molar-refractivity contribution >= 4 is 5.97 Å². The number of carbonyl (C=O) groups is 1. The first-order chi connectivity index (χ1) is 7.13. The highest BCUT2D eigenvalue weighted by molar-refractivity contribution is 5.90. The van der Waals surface area contributed by atoms with Gasteiger partial charge < -0.3 is 10.5 Å². The zero-order valence-electron chi connectivity index (χ0n) is 8.08. The van der Waals surface area contributed by atoms with Crippen molar-refractivity contribution in [1.82, 2.24) is 0 Å². The minimum atomic E-state index is -0.785. The third-order valence-corrected chi connectivity index (χ3v) is 1.94. The number of nitriles is 1. The zero-order chi connectivity index (χ0) is 11.4. The van der Waals surface area contributed by atoms with E-state index in [1.54, 1.807) is 6.07 Å². The summed E-state index contributed by atoms with van der Waals surface area (Å²) in [5.41, 5.74) is 5.69. The Bertz CT molecular complexity index is 438. The topological polar surface area (TPSA) is 76.1 Å². The number of nitrogens with two attached hydrogens (primary N) is 1. The molecule has 0 aliphatic rings. The maximum atomic E-state index is 13.3. The van der Waals surface area contributed by atoms with Gasteiger partial charge in [-0.25, -0.2) is 9.18 Å². The fourth-order valence-corrected chi connectivity index (χ4v) is 1.16. The summed E-state index contributed by atoms with van der Waals surface area (Å²) in [6.45, 7) is 0.0627. The molecule has 0 fully saturated rings. The van der Waals surface area contributed by atoms with E-state index in [4.69, 9.17) is 11.0 Å². The van der Waals surface area contributed by atoms with E-state index >= 15 is 0 Å². The molecular formula is C10H9FN2O2. The van der Waals surface area contributed by atoms with Crippen LogP contribution in [0, 0.1) is 17.1 Å². The second kappa shape index (κ2) is 4.53. The van der Waals surface area contributed by atoms with Crippen LogP contribution in [0.4, 0.5) is 4.39 Å². The van der Waals surface area contributed by atoms with Gasteiger partial charge in [-0.05, 0) is 17.7 Å². The molecule has 0 heterocycles. The SMILES string of the molecule is COC(=O)c1cc(CN)c(C#N)cc1F. The van der Waals surface area contributed by atoms with Gasteiger partial charge in [-0.15, -0.1) is 0 Å². The van der Waals surface area contributed by atoms with Gasteiger partial charge in [-0.3, -0.25) is 0 Å². The Morgan fingerprint density at radius 1 is 1.67 bits per heavy atom. The number of benzene rings is 1. The number of methoxy groups -OCH3 is 1. The van der Waals surface area contributed by atoms with Crippen LogP contribution in [0.3, 0.4) is 0 Å². The average Bonchev–Trinajstić information content (AvgIpc) is 2.27. The molecular weight excluding hydrogens is 199 g/mol. The van der Waals surface area contributed by atoms with Crippen LogP contribution >= 0.6 is 0 Å². The minimum absolute atomic E-state index is 0.0627. The highest BCUT2D eigenvalue weighted by Gasteiger charge is 2.15. The molecule has 0 saturated carbocycles. The summed E-state index contributed by atoms with van der Waals surface area (Å²) in [5, 5.41) is 8.67. The van der Waals surface area contributed by atoms with Gasteiger partial charge in [0, 0.05) is 6.54 Å². The van der Waals surface area contributed by atoms with Crippen LogP contribution in [0.15, 0.2) is 12.1 Å². The Kier molecular flexibility index (Phi) is 3.37. The van der Waals surface area contributed by atoms with Crippen molar-refractivity contribution in [2.75, 3.05) is 7.11 Å². The van der Waals surface area contributed by atoms with E-state index in [2.05, 4.69) is 4.74 Å². The van der Waals surface area contributed by atoms with E-state index in [9.17, 15) is 9.18 Å². The number of hydrogen-bond donors (Lipinski definition) is 1. The predicted octanol–water partition coefficient (Wildman–Crippen LogP) is 0.943. The Morgan fingerprint density at radius 2 is 2.33 bits per heavy atom. The lowest BCUT2D eigenvalue weighted by Crippen LogP contribution is -2.08. The molecule has 1 aromatic rings. The van der Waals surface area contributed by atoms with Gasteiger partial charge in [0.2, 0.25) is 0 Å². The fraction of sp³-hybridized carbons (Fsp3) is 0.200. The molecule has 0 atom stereocenters. The summed E-state index contributed by atoms with van der Waals surface area (Å²) < 4.78 is 17.7. The van der Waals surface area contributed by atoms with E-state index in [-0.39, 0.29) is 17.7 Å². The predicted molar refractivity (Wildman–Crippen MR) is 50.3 cm³/mol. The normalized spacial score (nSPS) is 9.47. The summed E-state index contributed by atoms with van der Waals surface area (Å²) in [7, 11) is 1.15. The van der Waals surface area contributed by atoms with Gasteiger partial charge in [0.15, 0.2) is 0 Å². The molecule has 1 aromatic carbocycles. The van der Waals surface area contributed by atoms with E-state index in [1.807, 2.05) is 0 Å². The molecule has 2 N–H and O–H groups in total. The standard InChI is InChI=1S/C10H9FN2O2/c1-15-10(14)8-2-6(4-12)7(5-13)3-9(8)11/h2-3H,4,12H2,1H3. The highest BCUT2D eigenvalue weighted by Crippen LogP contribution is 2.16. The van der Waals surface area contributed by atoms with Crippen molar-refractivity contribution in [2.45, 2.75) is 6.54 Å². The lowest BCUT2D eigenvalue weighted by Gasteiger charge is -2.05. The molecule has 0 radical (unpaired) electrons. The maximum Gasteiger partial charge on any atom is 0.340 e. The van der Waals surface area contributed by atoms with Crippen molar-refractivity contribution in [1.29, 1.82) is 5.26 Å². The van der Waals surface area contributed by atoms with E-state index < -0.39 is 11.8 Å². The quantitative estimate of drug-likeness (QED) is 0.734. The van der Waals surface area contributed by atoms with Crippen LogP contribution < -0.4 is 5.73 Å². The number of nitrogens with zero attached hydrogens (tertiary/aromatic N) is 1. The van der Waals surface area contributed by atoms with Gasteiger partial charge in [0.05, 0.1) is 24.3 Å². The third-order valence-electron chi connectivity index (χ3n) is 1.94. The molecule has 0 aromatic heterocycles. The van der Waals surface area contributed by atoms with Crippen LogP contribution in [-0.2, 0) is 11.3 Å². The van der Waals surface area contributed by atoms with Crippen molar-refractivity contribution < 1.29 is 13.9 Å². The summed E-state index contributed by atoms with van der Waals surface area (Å²) in [6, 6.07) is 4.02. The third kappa shape index (κ3) is 2.11. The van der Waals surface area contributed by atoms with Gasteiger partial charge in [-0.1, -0.05) is 0 Å². The van der Waals surface area contributed by atoms with Crippen LogP contribution in [0.1, 0.15) is 21.5 Å². The van der Waals surface area contributed by atoms with Gasteiger partial charge in [0.25, 0.3) is 0 Å². The van der Waals surface area contributed by atoms with Crippen LogP contribution in [0.5, 0.6) is 0 Å². The molecule has 0 amide bonds. The van der Waals surface area contributed by atoms with Crippen molar-refractivity contribution in [3.05, 3.63) is 34.6 Å². The maximum absolute atomic E-state index is 13.3. The van der Waals surface area contributed by atoms with E-state index in [1.165, 1.54) is 6.07 Å². The molecule has 0 aliphatic carbocycles. The molecule has 78 valence electrons. The number of halogens is 1. The Hall–Kier alpha value is -1.93. The number of rotatable bonds is 2. The first-order valence-corrected chi connectivity index (χ1v) is 4.15. The molecule has 5 heteroatoms. The van der Waals surface area contributed by atoms with Gasteiger partial charge >= 0.3 is 5.97 Å². The molecule has 0 spiro atoms. The van der Waals surface area contributed by atoms with Crippen LogP contribution in [0.2, 0.25) is 0 Å². The zero-order valence-corrected chi connectivity index (χ0v) is 8.08. The lowest BCUT2D eigenvalue weighted by atomic mass is 10.0. The second-order valence-corrected chi connectivity index (χ2v) is 2.80. The molecule has 0 bridgehead atoms. The van der Waals surface area contributed by atoms with E-state index in [0.717, 1.165) is 13.2 Å². The molecule has 4 nitrogen and oxygen atoms in total. The number of hydrogen-bond acceptors (Lipinski definition) is 4. The summed E-state index contributed by atoms with van der Waals surface area (Å²) in [4.78, 5) is 11.1. The first kappa shape index (κ1) is 11.1. The number of carbonyl (C=O) groups excluding carboxylic acids is 1. The monoisotopic (exact) mass is 208 g/mol. The van der Waals surface area contributed by atoms with Gasteiger partial charge in [0.1, 0.15) is 5.82 Å². The smallest absolute Gasteiger partial charge is 0.340 e. The summed E-state index contributed by atoms with van der Waals surface area (Å²) in [5.74, 6) is -1.57. The molecule has 0 saturated heterocycles. The molecule has 0 unspecified atom stereocenters. The van der Waals surface area contributed by atoms with Crippen molar-refractivity contribution in [3.8, 4) is 6.07 Å². The average molecular weight is 208 g/mol. The summed E-state index contributed by atoms with van der Waals surface area (Å²) in [6.07, 6.45) is 0. The number of esters is 1. The van der Waals surface area contributed by atoms with E-state index in [0.29, 0.717) is 5.56 Å². The van der Waals surface area contributed by atoms with Crippen molar-refractivity contribution in [3.63, 3.8) is 0 Å². The Labute approximate surface area is 86.1 Å². The summed E-state index contributed by atoms with van der Waals surface area (Å²) >= 11 is 0. The second-order valence-electron chi connectivity index (χ2n) is 2.80. The molecule has 15 heavy (non-hydrogen) atoms. The van der Waals surface area contributed by atoms with Crippen molar-refractivity contribution in [2.24, 2.45) is 5.73 Å². The first-order valence-electron chi connectivity index (χ1n) is 4.15. The Morgan fingerprint density at radius 3 is 2.80 bits per heavy atom. The largest absolute Gasteiger partial charge is 0.465 e. The fourth-order valence-electron chi connectivity index (χ4n) is 1.16. The van der Waals surface area contributed by atoms with Crippen LogP contribution in [0.25, 0.3) is 0 Å². The molecule has 1 rings (SSSR count). The minimum Gasteiger partial charge on any atom is -0.465 e.